The zero-order chi connectivity index (χ0) is 36.7. The summed E-state index contributed by atoms with van der Waals surface area (Å²) < 4.78 is 22.8. The highest BCUT2D eigenvalue weighted by Gasteiger charge is 2.37. The molecule has 12 nitrogen and oxygen atoms in total. The maximum atomic E-state index is 14.3. The van der Waals surface area contributed by atoms with Gasteiger partial charge < -0.3 is 39.4 Å². The van der Waals surface area contributed by atoms with Crippen LogP contribution in [-0.4, -0.2) is 72.6 Å². The molecule has 0 spiro atoms. The first-order valence-electron chi connectivity index (χ1n) is 16.1. The fraction of sp³-hybridized carbons (Fsp3) is 0.368. The van der Waals surface area contributed by atoms with Crippen molar-refractivity contribution < 1.29 is 49.0 Å². The molecule has 262 valence electrons. The molecule has 0 heterocycles. The standard InChI is InChI=1S/C38H38O12/c1-13(39)9-19(41)15(3)23-17-11-21(43)27-29-25(17)26-18(24(23)16(4)20(42)10-14(2)40)12-22(44)28-30(26)32(36(48-6)38(50-8)34(28)46)31(29)35(47-5)37(49-7)33(27)45/h11-16,39-40,43,46H,9-10H2,1-8H3/t13-,14-,15-,16-/m0/s1. The lowest BCUT2D eigenvalue weighted by atomic mass is 9.74. The Hall–Kier alpha value is -5.20. The number of phenolic OH excluding ortho intramolecular Hbond substituents is 2. The number of methoxy groups -OCH3 is 4. The average molecular weight is 687 g/mol. The molecule has 0 aliphatic carbocycles. The zero-order valence-electron chi connectivity index (χ0n) is 28.9. The molecule has 0 bridgehead atoms. The van der Waals surface area contributed by atoms with Crippen LogP contribution in [0.1, 0.15) is 63.5 Å². The number of aromatic hydroxyl groups is 2. The number of ketones is 2. The van der Waals surface area contributed by atoms with E-state index in [9.17, 15) is 39.6 Å². The second kappa shape index (κ2) is 12.3. The van der Waals surface area contributed by atoms with Crippen LogP contribution in [0.4, 0.5) is 0 Å². The number of carbonyl (C=O) groups is 2. The maximum absolute atomic E-state index is 14.3. The number of aliphatic hydroxyl groups excluding tert-OH is 2. The molecular weight excluding hydrogens is 648 g/mol. The number of carbonyl (C=O) groups excluding carboxylic acids is 2. The Morgan fingerprint density at radius 2 is 1.00 bits per heavy atom. The van der Waals surface area contributed by atoms with Gasteiger partial charge >= 0.3 is 0 Å². The molecular formula is C38H38O12. The summed E-state index contributed by atoms with van der Waals surface area (Å²) >= 11 is 0. The van der Waals surface area contributed by atoms with Crippen LogP contribution in [0.5, 0.6) is 34.5 Å². The van der Waals surface area contributed by atoms with Crippen molar-refractivity contribution >= 4 is 65.4 Å². The van der Waals surface area contributed by atoms with Crippen molar-refractivity contribution in [1.29, 1.82) is 0 Å². The van der Waals surface area contributed by atoms with Crippen molar-refractivity contribution in [3.63, 3.8) is 0 Å². The van der Waals surface area contributed by atoms with Gasteiger partial charge in [0.05, 0.1) is 51.4 Å². The molecule has 6 aromatic rings. The summed E-state index contributed by atoms with van der Waals surface area (Å²) in [5, 5.41) is 45.5. The Kier molecular flexibility index (Phi) is 8.52. The van der Waals surface area contributed by atoms with Gasteiger partial charge in [-0.2, -0.15) is 0 Å². The van der Waals surface area contributed by atoms with E-state index in [-0.39, 0.29) is 85.1 Å². The molecule has 50 heavy (non-hydrogen) atoms. The summed E-state index contributed by atoms with van der Waals surface area (Å²) in [6, 6.07) is 2.64. The number of hydrogen-bond donors (Lipinski definition) is 4. The minimum Gasteiger partial charge on any atom is -0.507 e. The lowest BCUT2D eigenvalue weighted by Gasteiger charge is -2.29. The number of fused-ring (bicyclic) bond motifs is 1. The molecule has 0 unspecified atom stereocenters. The summed E-state index contributed by atoms with van der Waals surface area (Å²) in [7, 11) is 5.24. The van der Waals surface area contributed by atoms with Crippen molar-refractivity contribution in [3.8, 4) is 34.5 Å². The highest BCUT2D eigenvalue weighted by atomic mass is 16.5. The predicted octanol–water partition coefficient (Wildman–Crippen LogP) is 4.82. The monoisotopic (exact) mass is 686 g/mol. The van der Waals surface area contributed by atoms with Crippen molar-refractivity contribution in [2.45, 2.75) is 64.6 Å². The normalized spacial score (nSPS) is 14.5. The Balaban J connectivity index is 2.07. The van der Waals surface area contributed by atoms with Gasteiger partial charge in [0.2, 0.25) is 16.9 Å². The van der Waals surface area contributed by atoms with E-state index < -0.39 is 46.4 Å². The minimum absolute atomic E-state index is 0.00354. The number of hydrogen-bond acceptors (Lipinski definition) is 12. The minimum atomic E-state index is -0.988. The van der Waals surface area contributed by atoms with E-state index in [1.807, 2.05) is 0 Å². The van der Waals surface area contributed by atoms with Crippen LogP contribution in [0, 0.1) is 0 Å². The second-order valence-corrected chi connectivity index (χ2v) is 13.0. The first kappa shape index (κ1) is 34.7. The molecule has 0 aromatic heterocycles. The van der Waals surface area contributed by atoms with Crippen LogP contribution in [-0.2, 0) is 9.59 Å². The molecule has 6 rings (SSSR count). The fourth-order valence-corrected chi connectivity index (χ4v) is 7.85. The third kappa shape index (κ3) is 4.65. The Bertz CT molecular complexity index is 2440. The largest absolute Gasteiger partial charge is 0.507 e. The topological polar surface area (TPSA) is 186 Å². The second-order valence-electron chi connectivity index (χ2n) is 13.0. The number of rotatable bonds is 12. The smallest absolute Gasteiger partial charge is 0.235 e. The van der Waals surface area contributed by atoms with Gasteiger partial charge in [-0.25, -0.2) is 0 Å². The highest BCUT2D eigenvalue weighted by Crippen LogP contribution is 2.58. The van der Waals surface area contributed by atoms with Gasteiger partial charge in [0.25, 0.3) is 0 Å². The van der Waals surface area contributed by atoms with E-state index in [1.165, 1.54) is 54.4 Å². The SMILES string of the molecule is COc1c(O)c2c(=O)cc3c([C@@H](C)C(=O)C[C@H](C)O)c([C@@H](C)C(=O)C[C@H](C)O)c4cc(O)c5c(=O)c(OC)c(OC)c6c(c1OC)c2c3c4c56. The summed E-state index contributed by atoms with van der Waals surface area (Å²) in [5.74, 6) is -4.12. The van der Waals surface area contributed by atoms with Crippen LogP contribution in [0.15, 0.2) is 21.7 Å². The summed E-state index contributed by atoms with van der Waals surface area (Å²) in [4.78, 5) is 55.9. The number of aliphatic hydroxyl groups is 2. The summed E-state index contributed by atoms with van der Waals surface area (Å²) in [5.41, 5.74) is -0.720. The molecule has 4 N–H and O–H groups in total. The molecule has 4 atom stereocenters. The third-order valence-electron chi connectivity index (χ3n) is 9.86. The molecule has 0 saturated heterocycles. The molecule has 0 radical (unpaired) electrons. The van der Waals surface area contributed by atoms with Gasteiger partial charge in [-0.15, -0.1) is 0 Å². The van der Waals surface area contributed by atoms with Gasteiger partial charge in [-0.1, -0.05) is 13.8 Å². The molecule has 0 aliphatic rings. The maximum Gasteiger partial charge on any atom is 0.235 e. The quantitative estimate of drug-likeness (QED) is 0.102. The molecule has 12 heteroatoms. The number of Topliss-reactive ketones (excluding diaryl/α,β-unsaturated/α-hetero) is 2. The van der Waals surface area contributed by atoms with Crippen molar-refractivity contribution in [2.24, 2.45) is 0 Å². The van der Waals surface area contributed by atoms with Crippen LogP contribution in [0.2, 0.25) is 0 Å². The lowest BCUT2D eigenvalue weighted by Crippen LogP contribution is -2.22. The number of benzene rings is 6. The van der Waals surface area contributed by atoms with E-state index in [0.29, 0.717) is 27.3 Å². The Labute approximate surface area is 285 Å². The van der Waals surface area contributed by atoms with E-state index >= 15 is 0 Å². The molecule has 0 amide bonds. The predicted molar refractivity (Wildman–Crippen MR) is 189 cm³/mol. The van der Waals surface area contributed by atoms with Crippen LogP contribution in [0.25, 0.3) is 53.9 Å². The van der Waals surface area contributed by atoms with Gasteiger partial charge in [0.1, 0.15) is 17.3 Å². The average Bonchev–Trinajstić information content (AvgIpc) is 3.05. The van der Waals surface area contributed by atoms with Gasteiger partial charge in [0.15, 0.2) is 22.7 Å². The number of phenols is 2. The zero-order valence-corrected chi connectivity index (χ0v) is 28.9. The molecule has 0 aliphatic heterocycles. The molecule has 6 aromatic carbocycles. The lowest BCUT2D eigenvalue weighted by molar-refractivity contribution is -0.123. The third-order valence-corrected chi connectivity index (χ3v) is 9.86. The van der Waals surface area contributed by atoms with Crippen LogP contribution in [0.3, 0.4) is 0 Å². The van der Waals surface area contributed by atoms with E-state index in [4.69, 9.17) is 18.9 Å². The Morgan fingerprint density at radius 3 is 1.44 bits per heavy atom. The van der Waals surface area contributed by atoms with Crippen molar-refractivity contribution in [3.05, 3.63) is 43.7 Å². The molecule has 0 saturated carbocycles. The summed E-state index contributed by atoms with van der Waals surface area (Å²) in [6.07, 6.45) is -2.43. The van der Waals surface area contributed by atoms with Crippen molar-refractivity contribution in [2.75, 3.05) is 28.4 Å². The van der Waals surface area contributed by atoms with E-state index in [1.54, 1.807) is 13.8 Å². The van der Waals surface area contributed by atoms with Gasteiger partial charge in [0, 0.05) is 46.2 Å². The first-order valence-corrected chi connectivity index (χ1v) is 16.1. The van der Waals surface area contributed by atoms with Crippen LogP contribution < -0.4 is 29.8 Å². The summed E-state index contributed by atoms with van der Waals surface area (Å²) in [6.45, 7) is 6.18. The van der Waals surface area contributed by atoms with Crippen molar-refractivity contribution in [1.82, 2.24) is 0 Å². The molecule has 0 fully saturated rings. The Morgan fingerprint density at radius 1 is 0.580 bits per heavy atom. The van der Waals surface area contributed by atoms with E-state index in [2.05, 4.69) is 0 Å². The highest BCUT2D eigenvalue weighted by molar-refractivity contribution is 6.44. The fourth-order valence-electron chi connectivity index (χ4n) is 7.85. The van der Waals surface area contributed by atoms with E-state index in [0.717, 1.165) is 0 Å². The van der Waals surface area contributed by atoms with Crippen LogP contribution >= 0.6 is 0 Å². The number of ether oxygens (including phenoxy) is 4. The van der Waals surface area contributed by atoms with Gasteiger partial charge in [-0.3, -0.25) is 19.2 Å². The first-order chi connectivity index (χ1) is 23.7. The van der Waals surface area contributed by atoms with Gasteiger partial charge in [-0.05, 0) is 58.7 Å².